The molecule has 0 rings (SSSR count). The van der Waals surface area contributed by atoms with Gasteiger partial charge >= 0.3 is 37.7 Å². The Balaban J connectivity index is -0.00000000667. The zero-order chi connectivity index (χ0) is 2.71. The molecule has 0 aromatic rings. The molecule has 0 radical (unpaired) electrons. The van der Waals surface area contributed by atoms with E-state index in [-0.39, 0.29) is 49.7 Å². The number of hydrogen-bond donors (Lipinski definition) is 0. The van der Waals surface area contributed by atoms with Gasteiger partial charge in [-0.3, -0.25) is 0 Å². The second kappa shape index (κ2) is 45.6. The van der Waals surface area contributed by atoms with Gasteiger partial charge in [0.1, 0.15) is 0 Å². The van der Waals surface area contributed by atoms with Gasteiger partial charge in [0, 0.05) is 0 Å². The van der Waals surface area contributed by atoms with E-state index >= 15 is 0 Å². The van der Waals surface area contributed by atoms with Crippen LogP contribution in [0, 0.1) is 0 Å². The van der Waals surface area contributed by atoms with E-state index in [2.05, 4.69) is 0 Å². The minimum Gasteiger partial charge on any atom is -0.870 e. The van der Waals surface area contributed by atoms with E-state index in [1.807, 2.05) is 0 Å². The van der Waals surface area contributed by atoms with Gasteiger partial charge in [-0.2, -0.15) is 0 Å². The van der Waals surface area contributed by atoms with Crippen molar-refractivity contribution >= 4 is 6.47 Å². The Morgan fingerprint density at radius 2 is 1.33 bits per heavy atom. The van der Waals surface area contributed by atoms with Gasteiger partial charge in [0.15, 0.2) is 0 Å². The second-order valence-electron chi connectivity index (χ2n) is 0.0833. The van der Waals surface area contributed by atoms with E-state index in [0.717, 1.165) is 0 Å². The molecule has 0 amide bonds. The van der Waals surface area contributed by atoms with Crippen molar-refractivity contribution in [1.29, 1.82) is 0 Å². The molecule has 0 bridgehead atoms. The summed E-state index contributed by atoms with van der Waals surface area (Å²) in [5.41, 5.74) is 0. The van der Waals surface area contributed by atoms with Crippen molar-refractivity contribution in [2.24, 2.45) is 0 Å². The first-order chi connectivity index (χ1) is 1.41. The van der Waals surface area contributed by atoms with Crippen molar-refractivity contribution in [3.05, 3.63) is 0 Å². The van der Waals surface area contributed by atoms with Gasteiger partial charge < -0.3 is 21.8 Å². The fourth-order valence-corrected chi connectivity index (χ4v) is 0. The van der Waals surface area contributed by atoms with Crippen molar-refractivity contribution in [3.8, 4) is 0 Å². The van der Waals surface area contributed by atoms with E-state index < -0.39 is 0 Å². The average Bonchev–Trinajstić information content (AvgIpc) is 0.918. The summed E-state index contributed by atoms with van der Waals surface area (Å²) in [5, 5.41) is 8.12. The SMILES string of the molecule is O=[C-][O-].[Li+].[Li+].[OH-]. The Hall–Kier alpha value is 0.625. The van der Waals surface area contributed by atoms with Gasteiger partial charge in [-0.1, -0.05) is 0 Å². The maximum absolute atomic E-state index is 8.12. The normalized spacial score (nSPS) is 2.00. The quantitative estimate of drug-likeness (QED) is 0.212. The molecule has 5 heteroatoms. The summed E-state index contributed by atoms with van der Waals surface area (Å²) in [7, 11) is 0. The van der Waals surface area contributed by atoms with Crippen LogP contribution in [0.1, 0.15) is 0 Å². The molecular formula is CHLi2O3-. The molecule has 0 aromatic carbocycles. The molecule has 0 heterocycles. The van der Waals surface area contributed by atoms with Gasteiger partial charge in [-0.05, 0) is 0 Å². The van der Waals surface area contributed by atoms with Gasteiger partial charge in [-0.25, -0.2) is 0 Å². The van der Waals surface area contributed by atoms with Crippen molar-refractivity contribution in [1.82, 2.24) is 0 Å². The van der Waals surface area contributed by atoms with Gasteiger partial charge in [0.05, 0.1) is 0 Å². The summed E-state index contributed by atoms with van der Waals surface area (Å²) in [5.74, 6) is 0. The molecule has 1 N–H and O–H groups in total. The molecule has 6 heavy (non-hydrogen) atoms. The summed E-state index contributed by atoms with van der Waals surface area (Å²) in [6.07, 6.45) is 0. The van der Waals surface area contributed by atoms with Crippen LogP contribution in [-0.4, -0.2) is 11.9 Å². The topological polar surface area (TPSA) is 70.1 Å². The van der Waals surface area contributed by atoms with Crippen molar-refractivity contribution in [2.45, 2.75) is 0 Å². The van der Waals surface area contributed by atoms with Crippen LogP contribution in [0.3, 0.4) is 0 Å². The van der Waals surface area contributed by atoms with Crippen LogP contribution in [0.5, 0.6) is 0 Å². The first-order valence-electron chi connectivity index (χ1n) is 0.408. The Kier molecular flexibility index (Phi) is 231. The van der Waals surface area contributed by atoms with Crippen LogP contribution in [0.25, 0.3) is 0 Å². The summed E-state index contributed by atoms with van der Waals surface area (Å²) in [4.78, 5) is 8.12. The predicted octanol–water partition coefficient (Wildman–Crippen LogP) is -7.89. The Bertz CT molecular complexity index is 16.3. The molecule has 0 spiro atoms. The molecule has 0 atom stereocenters. The molecule has 0 unspecified atom stereocenters. The molecule has 26 valence electrons. The monoisotopic (exact) mass is 75.0 g/mol. The average molecular weight is 74.9 g/mol. The van der Waals surface area contributed by atoms with Crippen LogP contribution in [-0.2, 0) is 4.79 Å². The van der Waals surface area contributed by atoms with Gasteiger partial charge in [0.25, 0.3) is 0 Å². The standard InChI is InChI=1S/CO2.2Li.H2O/c2-1-3;;;/h;;;1H2/q-2;2*+1;/p-1. The van der Waals surface area contributed by atoms with Crippen molar-refractivity contribution < 1.29 is 53.1 Å². The minimum atomic E-state index is 0. The van der Waals surface area contributed by atoms with E-state index in [4.69, 9.17) is 9.90 Å². The van der Waals surface area contributed by atoms with Crippen LogP contribution < -0.4 is 42.8 Å². The third kappa shape index (κ3) is 156. The summed E-state index contributed by atoms with van der Waals surface area (Å²) in [6, 6.07) is 0. The molecule has 0 aromatic heterocycles. The number of hydrogen-bond acceptors (Lipinski definition) is 3. The second-order valence-corrected chi connectivity index (χ2v) is 0.0833. The molecular weight excluding hydrogens is 73.9 g/mol. The zero-order valence-electron chi connectivity index (χ0n) is 3.76. The summed E-state index contributed by atoms with van der Waals surface area (Å²) >= 11 is 0. The van der Waals surface area contributed by atoms with Crippen LogP contribution >= 0.6 is 0 Å². The zero-order valence-corrected chi connectivity index (χ0v) is 3.76. The molecule has 3 nitrogen and oxygen atoms in total. The summed E-state index contributed by atoms with van der Waals surface area (Å²) < 4.78 is 0. The number of rotatable bonds is 0. The first kappa shape index (κ1) is 30.4. The van der Waals surface area contributed by atoms with E-state index in [1.165, 1.54) is 0 Å². The summed E-state index contributed by atoms with van der Waals surface area (Å²) in [6.45, 7) is 0.250. The molecule has 0 aliphatic heterocycles. The molecule has 0 fully saturated rings. The molecule has 0 saturated carbocycles. The van der Waals surface area contributed by atoms with Gasteiger partial charge in [0.2, 0.25) is 0 Å². The molecule has 0 aliphatic carbocycles. The van der Waals surface area contributed by atoms with Crippen LogP contribution in [0.2, 0.25) is 0 Å². The van der Waals surface area contributed by atoms with E-state index in [9.17, 15) is 0 Å². The van der Waals surface area contributed by atoms with Gasteiger partial charge in [-0.15, -0.1) is 0 Å². The van der Waals surface area contributed by atoms with E-state index in [0.29, 0.717) is 0 Å². The predicted molar refractivity (Wildman–Crippen MR) is 7.63 cm³/mol. The van der Waals surface area contributed by atoms with E-state index in [1.54, 1.807) is 0 Å². The first-order valence-corrected chi connectivity index (χ1v) is 0.408. The maximum atomic E-state index is 8.12. The Labute approximate surface area is 59.8 Å². The van der Waals surface area contributed by atoms with Crippen LogP contribution in [0.4, 0.5) is 0 Å². The fraction of sp³-hybridized carbons (Fsp3) is 0. The van der Waals surface area contributed by atoms with Crippen molar-refractivity contribution in [2.75, 3.05) is 0 Å². The Morgan fingerprint density at radius 3 is 1.33 bits per heavy atom. The smallest absolute Gasteiger partial charge is 0.870 e. The molecule has 0 aliphatic rings. The third-order valence-electron chi connectivity index (χ3n) is 0. The maximum Gasteiger partial charge on any atom is 1.00 e. The van der Waals surface area contributed by atoms with Crippen molar-refractivity contribution in [3.63, 3.8) is 0 Å². The largest absolute Gasteiger partial charge is 1.00 e. The fourth-order valence-electron chi connectivity index (χ4n) is 0. The number of carbonyl (C=O) groups excluding carboxylic acids is 1. The minimum absolute atomic E-state index is 0. The molecule has 0 saturated heterocycles. The van der Waals surface area contributed by atoms with Crippen LogP contribution in [0.15, 0.2) is 0 Å². The Morgan fingerprint density at radius 1 is 1.33 bits per heavy atom. The third-order valence-corrected chi connectivity index (χ3v) is 0.